The van der Waals surface area contributed by atoms with E-state index in [2.05, 4.69) is 55.5 Å². The summed E-state index contributed by atoms with van der Waals surface area (Å²) >= 11 is 0. The Morgan fingerprint density at radius 3 is 1.72 bits per heavy atom. The maximum atomic E-state index is 13.8. The molecule has 122 valence electrons. The maximum Gasteiger partial charge on any atom is 0.166 e. The van der Waals surface area contributed by atoms with Crippen LogP contribution < -0.4 is 0 Å². The molecule has 0 N–H and O–H groups in total. The van der Waals surface area contributed by atoms with Gasteiger partial charge in [-0.15, -0.1) is 0 Å². The first-order valence-corrected chi connectivity index (χ1v) is 8.17. The molecule has 0 aliphatic rings. The van der Waals surface area contributed by atoms with Gasteiger partial charge in [-0.1, -0.05) is 72.3 Å². The van der Waals surface area contributed by atoms with Gasteiger partial charge < -0.3 is 0 Å². The number of rotatable bonds is 2. The summed E-state index contributed by atoms with van der Waals surface area (Å²) in [6.45, 7) is 2.07. The summed E-state index contributed by atoms with van der Waals surface area (Å²) in [6, 6.07) is 24.8. The number of hydrogen-bond acceptors (Lipinski definition) is 0. The van der Waals surface area contributed by atoms with Gasteiger partial charge in [-0.2, -0.15) is 0 Å². The van der Waals surface area contributed by atoms with Crippen LogP contribution in [-0.4, -0.2) is 0 Å². The molecule has 4 aromatic rings. The van der Waals surface area contributed by atoms with E-state index >= 15 is 0 Å². The van der Waals surface area contributed by atoms with Crippen LogP contribution in [0.5, 0.6) is 0 Å². The molecule has 0 amide bonds. The average molecular weight is 330 g/mol. The minimum absolute atomic E-state index is 0.306. The van der Waals surface area contributed by atoms with Crippen molar-refractivity contribution in [3.63, 3.8) is 0 Å². The van der Waals surface area contributed by atoms with E-state index in [9.17, 15) is 8.78 Å². The lowest BCUT2D eigenvalue weighted by molar-refractivity contribution is 0.517. The number of benzene rings is 4. The lowest BCUT2D eigenvalue weighted by Gasteiger charge is -2.07. The highest BCUT2D eigenvalue weighted by Crippen LogP contribution is 2.29. The topological polar surface area (TPSA) is 0 Å². The smallest absolute Gasteiger partial charge is 0.166 e. The molecule has 0 aromatic heterocycles. The van der Waals surface area contributed by atoms with Crippen LogP contribution in [0.2, 0.25) is 0 Å². The van der Waals surface area contributed by atoms with Crippen LogP contribution >= 0.6 is 0 Å². The zero-order valence-electron chi connectivity index (χ0n) is 13.8. The van der Waals surface area contributed by atoms with E-state index in [1.165, 1.54) is 17.2 Å². The first kappa shape index (κ1) is 15.5. The van der Waals surface area contributed by atoms with Crippen molar-refractivity contribution >= 4 is 10.8 Å². The first-order chi connectivity index (χ1) is 12.1. The van der Waals surface area contributed by atoms with Crippen molar-refractivity contribution in [3.8, 4) is 22.3 Å². The van der Waals surface area contributed by atoms with Crippen molar-refractivity contribution in [1.82, 2.24) is 0 Å². The van der Waals surface area contributed by atoms with Crippen LogP contribution in [0.4, 0.5) is 8.78 Å². The normalized spacial score (nSPS) is 11.0. The minimum Gasteiger partial charge on any atom is -0.204 e. The van der Waals surface area contributed by atoms with Crippen molar-refractivity contribution in [2.45, 2.75) is 6.92 Å². The van der Waals surface area contributed by atoms with Gasteiger partial charge in [0.05, 0.1) is 0 Å². The SMILES string of the molecule is Cc1ccc(-c2ccc(-c3ccc4c(F)c(F)ccc4c3)cc2)cc1. The highest BCUT2D eigenvalue weighted by Gasteiger charge is 2.08. The van der Waals surface area contributed by atoms with Gasteiger partial charge in [0.1, 0.15) is 0 Å². The van der Waals surface area contributed by atoms with Gasteiger partial charge in [-0.05, 0) is 46.7 Å². The molecule has 25 heavy (non-hydrogen) atoms. The van der Waals surface area contributed by atoms with E-state index in [-0.39, 0.29) is 0 Å². The van der Waals surface area contributed by atoms with Crippen LogP contribution in [0, 0.1) is 18.6 Å². The quantitative estimate of drug-likeness (QED) is 0.381. The van der Waals surface area contributed by atoms with Gasteiger partial charge >= 0.3 is 0 Å². The van der Waals surface area contributed by atoms with Crippen LogP contribution in [0.25, 0.3) is 33.0 Å². The Kier molecular flexibility index (Phi) is 3.81. The van der Waals surface area contributed by atoms with Gasteiger partial charge in [-0.3, -0.25) is 0 Å². The Morgan fingerprint density at radius 2 is 1.08 bits per heavy atom. The summed E-state index contributed by atoms with van der Waals surface area (Å²) in [5.74, 6) is -1.61. The third-order valence-electron chi connectivity index (χ3n) is 4.51. The summed E-state index contributed by atoms with van der Waals surface area (Å²) < 4.78 is 27.2. The highest BCUT2D eigenvalue weighted by molar-refractivity contribution is 5.88. The van der Waals surface area contributed by atoms with E-state index in [1.807, 2.05) is 12.1 Å². The summed E-state index contributed by atoms with van der Waals surface area (Å²) in [4.78, 5) is 0. The molecule has 0 aliphatic carbocycles. The molecule has 0 saturated carbocycles. The zero-order chi connectivity index (χ0) is 17.4. The molecule has 0 nitrogen and oxygen atoms in total. The second kappa shape index (κ2) is 6.14. The molecule has 0 saturated heterocycles. The molecule has 0 radical (unpaired) electrons. The predicted molar refractivity (Wildman–Crippen MR) is 99.5 cm³/mol. The largest absolute Gasteiger partial charge is 0.204 e. The van der Waals surface area contributed by atoms with E-state index in [1.54, 1.807) is 12.1 Å². The van der Waals surface area contributed by atoms with Gasteiger partial charge in [0.2, 0.25) is 0 Å². The van der Waals surface area contributed by atoms with Crippen LogP contribution in [0.15, 0.2) is 78.9 Å². The molecule has 4 aromatic carbocycles. The van der Waals surface area contributed by atoms with Crippen LogP contribution in [0.1, 0.15) is 5.56 Å². The Hall–Kier alpha value is -3.00. The molecular formula is C23H16F2. The van der Waals surface area contributed by atoms with Crippen molar-refractivity contribution in [3.05, 3.63) is 96.1 Å². The average Bonchev–Trinajstić information content (AvgIpc) is 2.65. The Bertz CT molecular complexity index is 1050. The fourth-order valence-electron chi connectivity index (χ4n) is 3.05. The Labute approximate surface area is 145 Å². The standard InChI is InChI=1S/C23H16F2/c1-15-2-4-16(5-3-15)17-6-8-18(9-7-17)19-10-12-21-20(14-19)11-13-22(24)23(21)25/h2-14H,1H3. The minimum atomic E-state index is -0.817. The van der Waals surface area contributed by atoms with E-state index < -0.39 is 11.6 Å². The zero-order valence-corrected chi connectivity index (χ0v) is 13.8. The van der Waals surface area contributed by atoms with E-state index in [4.69, 9.17) is 0 Å². The highest BCUT2D eigenvalue weighted by atomic mass is 19.2. The number of halogens is 2. The van der Waals surface area contributed by atoms with Crippen molar-refractivity contribution < 1.29 is 8.78 Å². The molecule has 0 atom stereocenters. The third kappa shape index (κ3) is 2.91. The molecular weight excluding hydrogens is 314 g/mol. The molecule has 0 heterocycles. The third-order valence-corrected chi connectivity index (χ3v) is 4.51. The number of aryl methyl sites for hydroxylation is 1. The predicted octanol–water partition coefficient (Wildman–Crippen LogP) is 6.76. The first-order valence-electron chi connectivity index (χ1n) is 8.17. The summed E-state index contributed by atoms with van der Waals surface area (Å²) in [5, 5.41) is 0.999. The molecule has 0 spiro atoms. The second-order valence-electron chi connectivity index (χ2n) is 6.24. The molecule has 0 bridgehead atoms. The number of fused-ring (bicyclic) bond motifs is 1. The van der Waals surface area contributed by atoms with Crippen molar-refractivity contribution in [2.24, 2.45) is 0 Å². The second-order valence-corrected chi connectivity index (χ2v) is 6.24. The monoisotopic (exact) mass is 330 g/mol. The summed E-state index contributed by atoms with van der Waals surface area (Å²) in [5.41, 5.74) is 5.59. The maximum absolute atomic E-state index is 13.8. The van der Waals surface area contributed by atoms with Gasteiger partial charge in [-0.25, -0.2) is 8.78 Å². The molecule has 0 aliphatic heterocycles. The van der Waals surface area contributed by atoms with Crippen LogP contribution in [-0.2, 0) is 0 Å². The van der Waals surface area contributed by atoms with Crippen molar-refractivity contribution in [1.29, 1.82) is 0 Å². The number of hydrogen-bond donors (Lipinski definition) is 0. The fraction of sp³-hybridized carbons (Fsp3) is 0.0435. The molecule has 2 heteroatoms. The Morgan fingerprint density at radius 1 is 0.560 bits per heavy atom. The fourth-order valence-corrected chi connectivity index (χ4v) is 3.05. The van der Waals surface area contributed by atoms with E-state index in [0.29, 0.717) is 10.8 Å². The molecule has 0 unspecified atom stereocenters. The van der Waals surface area contributed by atoms with Gasteiger partial charge in [0.15, 0.2) is 11.6 Å². The van der Waals surface area contributed by atoms with Crippen LogP contribution in [0.3, 0.4) is 0 Å². The Balaban J connectivity index is 1.71. The van der Waals surface area contributed by atoms with E-state index in [0.717, 1.165) is 16.7 Å². The molecule has 4 rings (SSSR count). The molecule has 0 fully saturated rings. The van der Waals surface area contributed by atoms with Gasteiger partial charge in [0, 0.05) is 5.39 Å². The summed E-state index contributed by atoms with van der Waals surface area (Å²) in [6.07, 6.45) is 0. The van der Waals surface area contributed by atoms with Crippen molar-refractivity contribution in [2.75, 3.05) is 0 Å². The lowest BCUT2D eigenvalue weighted by Crippen LogP contribution is -1.87. The van der Waals surface area contributed by atoms with Gasteiger partial charge in [0.25, 0.3) is 0 Å². The lowest BCUT2D eigenvalue weighted by atomic mass is 9.98. The summed E-state index contributed by atoms with van der Waals surface area (Å²) in [7, 11) is 0.